The minimum absolute atomic E-state index is 0.0384. The fourth-order valence-electron chi connectivity index (χ4n) is 10.1. The lowest BCUT2D eigenvalue weighted by Gasteiger charge is -2.39. The van der Waals surface area contributed by atoms with Crippen molar-refractivity contribution in [2.45, 2.75) is 24.5 Å². The van der Waals surface area contributed by atoms with Crippen molar-refractivity contribution in [3.05, 3.63) is 180 Å². The molecule has 0 bridgehead atoms. The summed E-state index contributed by atoms with van der Waals surface area (Å²) in [5.74, 6) is 1.01. The first kappa shape index (κ1) is 31.2. The van der Waals surface area contributed by atoms with E-state index in [2.05, 4.69) is 193 Å². The number of allylic oxidation sites excluding steroid dienone is 1. The highest BCUT2D eigenvalue weighted by molar-refractivity contribution is 8.02. The zero-order valence-electron chi connectivity index (χ0n) is 30.4. The van der Waals surface area contributed by atoms with Gasteiger partial charge in [0.2, 0.25) is 0 Å². The Bertz CT molecular complexity index is 3220. The molecule has 0 saturated carbocycles. The van der Waals surface area contributed by atoms with Gasteiger partial charge in [-0.15, -0.1) is 11.8 Å². The predicted octanol–water partition coefficient (Wildman–Crippen LogP) is 11.3. The van der Waals surface area contributed by atoms with Crippen molar-refractivity contribution in [2.24, 2.45) is 0 Å². The molecule has 1 fully saturated rings. The molecule has 0 aliphatic carbocycles. The van der Waals surface area contributed by atoms with E-state index in [4.69, 9.17) is 0 Å². The molecular weight excluding hydrogens is 705 g/mol. The van der Waals surface area contributed by atoms with Gasteiger partial charge in [0.15, 0.2) is 0 Å². The number of hydrogen-bond acceptors (Lipinski definition) is 4. The molecule has 1 saturated heterocycles. The van der Waals surface area contributed by atoms with Crippen molar-refractivity contribution in [1.82, 2.24) is 29.7 Å². The molecule has 3 aromatic heterocycles. The molecule has 7 aromatic carbocycles. The van der Waals surface area contributed by atoms with Crippen LogP contribution < -0.4 is 16.0 Å². The molecule has 0 amide bonds. The van der Waals surface area contributed by atoms with E-state index >= 15 is 0 Å². The van der Waals surface area contributed by atoms with Crippen molar-refractivity contribution in [3.63, 3.8) is 0 Å². The number of aromatic nitrogens is 3. The number of nitrogens with one attached hydrogen (secondary N) is 3. The molecule has 0 spiro atoms. The lowest BCUT2D eigenvalue weighted by atomic mass is 10.0. The van der Waals surface area contributed by atoms with Crippen LogP contribution >= 0.6 is 11.8 Å². The topological polar surface area (TPSA) is 50.9 Å². The molecule has 13 rings (SSSR count). The summed E-state index contributed by atoms with van der Waals surface area (Å²) in [6, 6.07) is 58.2. The molecule has 3 atom stereocenters. The predicted molar refractivity (Wildman–Crippen MR) is 233 cm³/mol. The van der Waals surface area contributed by atoms with Crippen LogP contribution in [0.5, 0.6) is 0 Å². The molecule has 0 radical (unpaired) electrons. The number of rotatable bonds is 4. The number of hydrogen-bond donors (Lipinski definition) is 3. The Hall–Kier alpha value is -6.09. The van der Waals surface area contributed by atoms with Gasteiger partial charge in [0.1, 0.15) is 0 Å². The van der Waals surface area contributed by atoms with E-state index in [0.29, 0.717) is 0 Å². The highest BCUT2D eigenvalue weighted by atomic mass is 32.2. The van der Waals surface area contributed by atoms with E-state index in [1.807, 2.05) is 11.8 Å². The maximum atomic E-state index is 3.91. The average Bonchev–Trinajstić information content (AvgIpc) is 4.03. The highest BCUT2D eigenvalue weighted by Crippen LogP contribution is 2.52. The SMILES string of the molecule is C1=C2C(CS1)n1c3ccccc3c3ccc4c(c5c6c(ccc5n4-c4cccc(C5NC(c7ccccc7)NC(c7ccccc7)N5)c4)c4ccccc4n62)c31. The van der Waals surface area contributed by atoms with Gasteiger partial charge in [0.05, 0.1) is 57.8 Å². The quantitative estimate of drug-likeness (QED) is 0.168. The third-order valence-corrected chi connectivity index (χ3v) is 13.4. The molecule has 7 heteroatoms. The summed E-state index contributed by atoms with van der Waals surface area (Å²) >= 11 is 1.94. The maximum absolute atomic E-state index is 3.91. The third kappa shape index (κ3) is 4.23. The number of nitrogens with zero attached hydrogens (tertiary/aromatic N) is 3. The summed E-state index contributed by atoms with van der Waals surface area (Å²) < 4.78 is 7.79. The first-order chi connectivity index (χ1) is 27.8. The lowest BCUT2D eigenvalue weighted by molar-refractivity contribution is 0.203. The Morgan fingerprint density at radius 3 is 1.70 bits per heavy atom. The normalized spacial score (nSPS) is 20.6. The van der Waals surface area contributed by atoms with Crippen LogP contribution in [0.3, 0.4) is 0 Å². The molecule has 3 aliphatic heterocycles. The molecule has 6 heterocycles. The second kappa shape index (κ2) is 11.7. The number of benzene rings is 7. The highest BCUT2D eigenvalue weighted by Gasteiger charge is 2.34. The van der Waals surface area contributed by atoms with Gasteiger partial charge in [-0.3, -0.25) is 16.0 Å². The van der Waals surface area contributed by atoms with Crippen LogP contribution in [0.2, 0.25) is 0 Å². The zero-order valence-corrected chi connectivity index (χ0v) is 31.2. The minimum Gasteiger partial charge on any atom is -0.330 e. The average molecular weight is 741 g/mol. The molecule has 6 nitrogen and oxygen atoms in total. The maximum Gasteiger partial charge on any atom is 0.0865 e. The van der Waals surface area contributed by atoms with E-state index < -0.39 is 0 Å². The van der Waals surface area contributed by atoms with Gasteiger partial charge in [0.25, 0.3) is 0 Å². The molecule has 3 N–H and O–H groups in total. The zero-order chi connectivity index (χ0) is 36.5. The summed E-state index contributed by atoms with van der Waals surface area (Å²) in [4.78, 5) is 0. The fraction of sp³-hybridized carbons (Fsp3) is 0.102. The van der Waals surface area contributed by atoms with Crippen LogP contribution in [0.4, 0.5) is 0 Å². The van der Waals surface area contributed by atoms with E-state index in [0.717, 1.165) is 11.4 Å². The Morgan fingerprint density at radius 2 is 1.00 bits per heavy atom. The Balaban J connectivity index is 1.09. The molecule has 268 valence electrons. The molecule has 3 aliphatic rings. The van der Waals surface area contributed by atoms with E-state index in [9.17, 15) is 0 Å². The van der Waals surface area contributed by atoms with Crippen molar-refractivity contribution >= 4 is 82.9 Å². The molecule has 10 aromatic rings. The summed E-state index contributed by atoms with van der Waals surface area (Å²) in [7, 11) is 0. The lowest BCUT2D eigenvalue weighted by Crippen LogP contribution is -2.54. The standard InChI is InChI=1S/C49H36N6S/c1-3-12-29(13-4-1)47-50-48(30-14-5-2-6-15-30)52-49(51-47)31-16-11-17-32(26-31)53-39-24-22-35-33-18-7-9-20-37(33)54-41-27-56-28-42(41)55-38-21-10-8-19-34(38)36-23-25-40(53)44(46(36)55)43(39)45(35)54/h1-27,42,47-52H,28H2. The minimum atomic E-state index is -0.103. The fourth-order valence-corrected chi connectivity index (χ4v) is 11.2. The molecular formula is C49H36N6S. The van der Waals surface area contributed by atoms with Gasteiger partial charge < -0.3 is 13.7 Å². The van der Waals surface area contributed by atoms with Gasteiger partial charge in [-0.05, 0) is 58.5 Å². The number of para-hydroxylation sites is 2. The van der Waals surface area contributed by atoms with Crippen molar-refractivity contribution in [3.8, 4) is 5.69 Å². The van der Waals surface area contributed by atoms with Crippen LogP contribution in [0.25, 0.3) is 76.8 Å². The van der Waals surface area contributed by atoms with Crippen molar-refractivity contribution in [1.29, 1.82) is 0 Å². The van der Waals surface area contributed by atoms with Crippen LogP contribution in [0, 0.1) is 0 Å². The number of thioether (sulfide) groups is 1. The van der Waals surface area contributed by atoms with E-state index in [1.54, 1.807) is 0 Å². The second-order valence-electron chi connectivity index (χ2n) is 15.4. The van der Waals surface area contributed by atoms with Crippen molar-refractivity contribution < 1.29 is 0 Å². The van der Waals surface area contributed by atoms with Gasteiger partial charge >= 0.3 is 0 Å². The summed E-state index contributed by atoms with van der Waals surface area (Å²) in [5, 5.41) is 22.0. The van der Waals surface area contributed by atoms with Gasteiger partial charge in [-0.25, -0.2) is 0 Å². The summed E-state index contributed by atoms with van der Waals surface area (Å²) in [5.41, 5.74) is 13.8. The van der Waals surface area contributed by atoms with Gasteiger partial charge in [0, 0.05) is 49.3 Å². The number of fused-ring (bicyclic) bond motifs is 9. The Kier molecular flexibility index (Phi) is 6.51. The van der Waals surface area contributed by atoms with Gasteiger partial charge in [-0.1, -0.05) is 121 Å². The Morgan fingerprint density at radius 1 is 0.446 bits per heavy atom. The van der Waals surface area contributed by atoms with E-state index in [1.165, 1.54) is 87.8 Å². The van der Waals surface area contributed by atoms with Crippen LogP contribution in [0.15, 0.2) is 163 Å². The monoisotopic (exact) mass is 740 g/mol. The molecule has 56 heavy (non-hydrogen) atoms. The first-order valence-corrected chi connectivity index (χ1v) is 20.6. The van der Waals surface area contributed by atoms with E-state index in [-0.39, 0.29) is 24.5 Å². The first-order valence-electron chi connectivity index (χ1n) is 19.5. The molecule has 3 unspecified atom stereocenters. The Labute approximate surface area is 327 Å². The van der Waals surface area contributed by atoms with Crippen molar-refractivity contribution in [2.75, 3.05) is 5.75 Å². The van der Waals surface area contributed by atoms with Gasteiger partial charge in [-0.2, -0.15) is 0 Å². The summed E-state index contributed by atoms with van der Waals surface area (Å²) in [6.07, 6.45) is -0.180. The second-order valence-corrected chi connectivity index (χ2v) is 16.3. The largest absolute Gasteiger partial charge is 0.330 e. The third-order valence-electron chi connectivity index (χ3n) is 12.5. The smallest absolute Gasteiger partial charge is 0.0865 e. The van der Waals surface area contributed by atoms with Crippen LogP contribution in [-0.2, 0) is 0 Å². The van der Waals surface area contributed by atoms with Crippen LogP contribution in [-0.4, -0.2) is 19.5 Å². The summed E-state index contributed by atoms with van der Waals surface area (Å²) in [6.45, 7) is 0. The van der Waals surface area contributed by atoms with Crippen LogP contribution in [0.1, 0.15) is 41.2 Å².